The van der Waals surface area contributed by atoms with E-state index in [0.717, 1.165) is 55.3 Å². The molecule has 0 atom stereocenters. The number of ether oxygens (including phenoxy) is 1. The zero-order valence-corrected chi connectivity index (χ0v) is 14.7. The Morgan fingerprint density at radius 2 is 1.88 bits per heavy atom. The van der Waals surface area contributed by atoms with Crippen LogP contribution in [-0.2, 0) is 17.6 Å². The molecule has 5 nitrogen and oxygen atoms in total. The van der Waals surface area contributed by atoms with E-state index in [0.29, 0.717) is 0 Å². The molecule has 2 aliphatic rings. The van der Waals surface area contributed by atoms with Gasteiger partial charge in [0.1, 0.15) is 17.0 Å². The molecular weight excluding hydrogens is 320 g/mol. The molecule has 0 N–H and O–H groups in total. The lowest BCUT2D eigenvalue weighted by molar-refractivity contribution is 0.122. The predicted octanol–water partition coefficient (Wildman–Crippen LogP) is 3.26. The van der Waals surface area contributed by atoms with E-state index in [1.807, 2.05) is 0 Å². The smallest absolute Gasteiger partial charge is 0.150 e. The lowest BCUT2D eigenvalue weighted by Crippen LogP contribution is -2.36. The van der Waals surface area contributed by atoms with E-state index in [1.165, 1.54) is 39.7 Å². The molecule has 0 saturated carbocycles. The fourth-order valence-corrected chi connectivity index (χ4v) is 5.26. The van der Waals surface area contributed by atoms with Crippen LogP contribution in [0.3, 0.4) is 0 Å². The molecule has 1 fully saturated rings. The quantitative estimate of drug-likeness (QED) is 0.680. The number of nitrogens with zero attached hydrogens (tertiary/aromatic N) is 4. The minimum atomic E-state index is 0.767. The van der Waals surface area contributed by atoms with Gasteiger partial charge in [0.25, 0.3) is 0 Å². The molecule has 4 heterocycles. The van der Waals surface area contributed by atoms with Gasteiger partial charge in [0.2, 0.25) is 0 Å². The lowest BCUT2D eigenvalue weighted by Gasteiger charge is -2.27. The molecule has 1 aliphatic carbocycles. The van der Waals surface area contributed by atoms with Crippen LogP contribution in [0.2, 0.25) is 0 Å². The summed E-state index contributed by atoms with van der Waals surface area (Å²) in [6, 6.07) is 0. The summed E-state index contributed by atoms with van der Waals surface area (Å²) in [5, 5.41) is 1.28. The van der Waals surface area contributed by atoms with E-state index in [2.05, 4.69) is 21.8 Å². The number of fused-ring (bicyclic) bond motifs is 5. The monoisotopic (exact) mass is 340 g/mol. The number of aromatic nitrogens is 3. The molecule has 0 amide bonds. The summed E-state index contributed by atoms with van der Waals surface area (Å²) in [7, 11) is 0. The van der Waals surface area contributed by atoms with Gasteiger partial charge in [-0.2, -0.15) is 0 Å². The van der Waals surface area contributed by atoms with Crippen molar-refractivity contribution in [3.8, 4) is 0 Å². The second-order valence-corrected chi connectivity index (χ2v) is 7.62. The largest absolute Gasteiger partial charge is 0.378 e. The van der Waals surface area contributed by atoms with Crippen molar-refractivity contribution in [2.75, 3.05) is 31.2 Å². The van der Waals surface area contributed by atoms with Crippen LogP contribution in [0.15, 0.2) is 6.33 Å². The molecule has 0 radical (unpaired) electrons. The zero-order chi connectivity index (χ0) is 16.1. The van der Waals surface area contributed by atoms with Crippen molar-refractivity contribution in [1.82, 2.24) is 15.0 Å². The van der Waals surface area contributed by atoms with E-state index >= 15 is 0 Å². The summed E-state index contributed by atoms with van der Waals surface area (Å²) in [4.78, 5) is 17.6. The third kappa shape index (κ3) is 2.13. The second kappa shape index (κ2) is 5.63. The lowest BCUT2D eigenvalue weighted by atomic mass is 9.89. The highest BCUT2D eigenvalue weighted by Crippen LogP contribution is 2.41. The maximum Gasteiger partial charge on any atom is 0.150 e. The van der Waals surface area contributed by atoms with Gasteiger partial charge in [-0.3, -0.25) is 0 Å². The summed E-state index contributed by atoms with van der Waals surface area (Å²) in [5.41, 5.74) is 5.24. The van der Waals surface area contributed by atoms with Crippen LogP contribution in [0.25, 0.3) is 20.4 Å². The number of anilines is 1. The Balaban J connectivity index is 1.79. The maximum absolute atomic E-state index is 5.49. The van der Waals surface area contributed by atoms with Crippen LogP contribution < -0.4 is 4.90 Å². The Morgan fingerprint density at radius 1 is 1.08 bits per heavy atom. The number of aryl methyl sites for hydroxylation is 2. The fourth-order valence-electron chi connectivity index (χ4n) is 4.04. The van der Waals surface area contributed by atoms with Crippen LogP contribution in [-0.4, -0.2) is 41.3 Å². The molecule has 1 aliphatic heterocycles. The van der Waals surface area contributed by atoms with Gasteiger partial charge in [0.05, 0.1) is 23.4 Å². The number of rotatable bonds is 1. The highest BCUT2D eigenvalue weighted by Gasteiger charge is 2.23. The standard InChI is InChI=1S/C18H20N4OS/c1-11-12-4-2-3-5-13(12)14-15-16(24-18(14)21-11)17(20-10-19-15)22-6-8-23-9-7-22/h10H,2-9H2,1H3. The molecule has 0 spiro atoms. The summed E-state index contributed by atoms with van der Waals surface area (Å²) in [6.45, 7) is 5.48. The van der Waals surface area contributed by atoms with Crippen molar-refractivity contribution in [1.29, 1.82) is 0 Å². The van der Waals surface area contributed by atoms with Gasteiger partial charge in [0.15, 0.2) is 0 Å². The Labute approximate surface area is 144 Å². The maximum atomic E-state index is 5.49. The Hall–Kier alpha value is -1.79. The van der Waals surface area contributed by atoms with Gasteiger partial charge in [0, 0.05) is 24.2 Å². The molecular formula is C18H20N4OS. The molecule has 0 aromatic carbocycles. The number of pyridine rings is 1. The highest BCUT2D eigenvalue weighted by molar-refractivity contribution is 7.26. The fraction of sp³-hybridized carbons (Fsp3) is 0.500. The molecule has 0 unspecified atom stereocenters. The SMILES string of the molecule is Cc1nc2sc3c(N4CCOCC4)ncnc3c2c2c1CCCC2. The van der Waals surface area contributed by atoms with E-state index in [9.17, 15) is 0 Å². The minimum Gasteiger partial charge on any atom is -0.378 e. The van der Waals surface area contributed by atoms with Gasteiger partial charge < -0.3 is 9.64 Å². The Morgan fingerprint density at radius 3 is 2.71 bits per heavy atom. The number of thiophene rings is 1. The number of hydrogen-bond acceptors (Lipinski definition) is 6. The van der Waals surface area contributed by atoms with Crippen molar-refractivity contribution >= 4 is 37.6 Å². The number of hydrogen-bond donors (Lipinski definition) is 0. The molecule has 124 valence electrons. The highest BCUT2D eigenvalue weighted by atomic mass is 32.1. The molecule has 0 bridgehead atoms. The average Bonchev–Trinajstić information content (AvgIpc) is 3.01. The Kier molecular flexibility index (Phi) is 3.41. The first kappa shape index (κ1) is 14.5. The van der Waals surface area contributed by atoms with Gasteiger partial charge in [-0.1, -0.05) is 0 Å². The van der Waals surface area contributed by atoms with Crippen LogP contribution in [0.1, 0.15) is 29.7 Å². The molecule has 6 heteroatoms. The van der Waals surface area contributed by atoms with Gasteiger partial charge >= 0.3 is 0 Å². The molecule has 1 saturated heterocycles. The first-order valence-corrected chi connectivity index (χ1v) is 9.53. The second-order valence-electron chi connectivity index (χ2n) is 6.62. The van der Waals surface area contributed by atoms with E-state index in [4.69, 9.17) is 9.72 Å². The topological polar surface area (TPSA) is 51.1 Å². The first-order valence-electron chi connectivity index (χ1n) is 8.71. The van der Waals surface area contributed by atoms with Gasteiger partial charge in [-0.05, 0) is 43.7 Å². The molecule has 3 aromatic heterocycles. The third-order valence-electron chi connectivity index (χ3n) is 5.22. The summed E-state index contributed by atoms with van der Waals surface area (Å²) < 4.78 is 6.67. The zero-order valence-electron chi connectivity index (χ0n) is 13.8. The average molecular weight is 340 g/mol. The van der Waals surface area contributed by atoms with E-state index in [1.54, 1.807) is 17.7 Å². The van der Waals surface area contributed by atoms with Crippen LogP contribution in [0, 0.1) is 6.92 Å². The molecule has 3 aromatic rings. The van der Waals surface area contributed by atoms with Crippen molar-refractivity contribution < 1.29 is 4.74 Å². The van der Waals surface area contributed by atoms with Crippen LogP contribution in [0.4, 0.5) is 5.82 Å². The van der Waals surface area contributed by atoms with Crippen LogP contribution >= 0.6 is 11.3 Å². The molecule has 5 rings (SSSR count). The predicted molar refractivity (Wildman–Crippen MR) is 97.1 cm³/mol. The van der Waals surface area contributed by atoms with Gasteiger partial charge in [-0.15, -0.1) is 11.3 Å². The Bertz CT molecular complexity index is 930. The molecule has 24 heavy (non-hydrogen) atoms. The van der Waals surface area contributed by atoms with E-state index < -0.39 is 0 Å². The van der Waals surface area contributed by atoms with Crippen molar-refractivity contribution in [2.45, 2.75) is 32.6 Å². The summed E-state index contributed by atoms with van der Waals surface area (Å²) in [5.74, 6) is 1.05. The van der Waals surface area contributed by atoms with Crippen molar-refractivity contribution in [3.05, 3.63) is 23.1 Å². The van der Waals surface area contributed by atoms with Crippen molar-refractivity contribution in [3.63, 3.8) is 0 Å². The summed E-state index contributed by atoms with van der Waals surface area (Å²) in [6.07, 6.45) is 6.57. The number of morpholine rings is 1. The third-order valence-corrected chi connectivity index (χ3v) is 6.29. The van der Waals surface area contributed by atoms with E-state index in [-0.39, 0.29) is 0 Å². The minimum absolute atomic E-state index is 0.767. The normalized spacial score (nSPS) is 18.3. The first-order chi connectivity index (χ1) is 11.8. The van der Waals surface area contributed by atoms with Gasteiger partial charge in [-0.25, -0.2) is 15.0 Å². The van der Waals surface area contributed by atoms with Crippen LogP contribution in [0.5, 0.6) is 0 Å². The summed E-state index contributed by atoms with van der Waals surface area (Å²) >= 11 is 1.75. The van der Waals surface area contributed by atoms with Crippen molar-refractivity contribution in [2.24, 2.45) is 0 Å².